The molecule has 1 fully saturated rings. The van der Waals surface area contributed by atoms with E-state index >= 15 is 0 Å². The summed E-state index contributed by atoms with van der Waals surface area (Å²) in [6.07, 6.45) is 11.2. The number of allylic oxidation sites excluding steroid dienone is 2. The summed E-state index contributed by atoms with van der Waals surface area (Å²) >= 11 is 0. The average Bonchev–Trinajstić information content (AvgIpc) is 2.58. The van der Waals surface area contributed by atoms with Crippen LogP contribution >= 0.6 is 0 Å². The maximum Gasteiger partial charge on any atom is 0.0110 e. The van der Waals surface area contributed by atoms with E-state index in [1.165, 1.54) is 76.9 Å². The summed E-state index contributed by atoms with van der Waals surface area (Å²) in [5, 5.41) is 0. The summed E-state index contributed by atoms with van der Waals surface area (Å²) in [6.45, 7) is 7.64. The molecular weight excluding hydrogens is 268 g/mol. The Morgan fingerprint density at radius 2 is 1.68 bits per heavy atom. The summed E-state index contributed by atoms with van der Waals surface area (Å²) < 4.78 is 0. The fraction of sp³-hybridized carbons (Fsp3) is 0.600. The zero-order valence-electron chi connectivity index (χ0n) is 13.8. The Labute approximate surface area is 135 Å². The molecule has 120 valence electrons. The van der Waals surface area contributed by atoms with Gasteiger partial charge in [-0.1, -0.05) is 42.5 Å². The fourth-order valence-corrected chi connectivity index (χ4v) is 3.73. The number of piperazine rings is 1. The van der Waals surface area contributed by atoms with E-state index in [0.717, 1.165) is 5.92 Å². The van der Waals surface area contributed by atoms with Crippen LogP contribution in [0.25, 0.3) is 0 Å². The lowest BCUT2D eigenvalue weighted by Crippen LogP contribution is -2.48. The topological polar surface area (TPSA) is 6.48 Å². The normalized spacial score (nSPS) is 23.7. The molecule has 0 spiro atoms. The van der Waals surface area contributed by atoms with Crippen molar-refractivity contribution >= 4 is 0 Å². The van der Waals surface area contributed by atoms with E-state index in [9.17, 15) is 0 Å². The van der Waals surface area contributed by atoms with E-state index < -0.39 is 0 Å². The maximum absolute atomic E-state index is 2.69. The highest BCUT2D eigenvalue weighted by Gasteiger charge is 2.19. The molecule has 1 saturated heterocycles. The second kappa shape index (κ2) is 8.50. The Kier molecular flexibility index (Phi) is 6.09. The van der Waals surface area contributed by atoms with E-state index in [-0.39, 0.29) is 0 Å². The minimum Gasteiger partial charge on any atom is -0.301 e. The molecule has 1 aromatic rings. The molecule has 0 N–H and O–H groups in total. The molecule has 1 aliphatic heterocycles. The lowest BCUT2D eigenvalue weighted by atomic mass is 9.94. The van der Waals surface area contributed by atoms with Gasteiger partial charge in [0.25, 0.3) is 0 Å². The molecule has 1 heterocycles. The fourth-order valence-electron chi connectivity index (χ4n) is 3.73. The predicted molar refractivity (Wildman–Crippen MR) is 94.1 cm³/mol. The van der Waals surface area contributed by atoms with Crippen molar-refractivity contribution in [2.45, 2.75) is 32.1 Å². The molecule has 0 saturated carbocycles. The van der Waals surface area contributed by atoms with Gasteiger partial charge >= 0.3 is 0 Å². The van der Waals surface area contributed by atoms with Gasteiger partial charge in [-0.05, 0) is 50.1 Å². The Morgan fingerprint density at radius 3 is 2.41 bits per heavy atom. The van der Waals surface area contributed by atoms with Crippen LogP contribution in [0.1, 0.15) is 31.2 Å². The molecule has 22 heavy (non-hydrogen) atoms. The van der Waals surface area contributed by atoms with Gasteiger partial charge in [0.2, 0.25) is 0 Å². The zero-order valence-corrected chi connectivity index (χ0v) is 13.8. The molecule has 2 nitrogen and oxygen atoms in total. The standard InChI is InChI=1S/C20H30N2/c1-3-8-19(9-4-1)12-7-13-21-14-16-22(17-15-21)18-20-10-5-2-6-11-20/h1-5,8-9,20H,6-7,10-18H2/t20-/m0/s1. The van der Waals surface area contributed by atoms with Crippen LogP contribution in [0.2, 0.25) is 0 Å². The second-order valence-electron chi connectivity index (χ2n) is 6.88. The van der Waals surface area contributed by atoms with E-state index in [1.54, 1.807) is 0 Å². The van der Waals surface area contributed by atoms with Crippen LogP contribution < -0.4 is 0 Å². The van der Waals surface area contributed by atoms with E-state index in [0.29, 0.717) is 0 Å². The van der Waals surface area contributed by atoms with Crippen molar-refractivity contribution in [2.24, 2.45) is 5.92 Å². The Morgan fingerprint density at radius 1 is 0.909 bits per heavy atom. The lowest BCUT2D eigenvalue weighted by Gasteiger charge is -2.36. The first-order chi connectivity index (χ1) is 10.9. The van der Waals surface area contributed by atoms with Crippen molar-refractivity contribution in [2.75, 3.05) is 39.3 Å². The molecule has 2 aliphatic rings. The Hall–Kier alpha value is -1.12. The zero-order chi connectivity index (χ0) is 15.0. The average molecular weight is 298 g/mol. The largest absolute Gasteiger partial charge is 0.301 e. The van der Waals surface area contributed by atoms with Crippen molar-refractivity contribution in [3.05, 3.63) is 48.0 Å². The van der Waals surface area contributed by atoms with Gasteiger partial charge in [-0.2, -0.15) is 0 Å². The first-order valence-corrected chi connectivity index (χ1v) is 9.04. The van der Waals surface area contributed by atoms with Gasteiger partial charge in [0.1, 0.15) is 0 Å². The first-order valence-electron chi connectivity index (χ1n) is 9.04. The van der Waals surface area contributed by atoms with Gasteiger partial charge in [-0.3, -0.25) is 0 Å². The van der Waals surface area contributed by atoms with E-state index in [1.807, 2.05) is 0 Å². The summed E-state index contributed by atoms with van der Waals surface area (Å²) in [6, 6.07) is 10.9. The van der Waals surface area contributed by atoms with Crippen molar-refractivity contribution in [3.63, 3.8) is 0 Å². The Bertz CT molecular complexity index is 446. The summed E-state index contributed by atoms with van der Waals surface area (Å²) in [5.74, 6) is 0.912. The molecule has 0 aromatic heterocycles. The van der Waals surface area contributed by atoms with Crippen LogP contribution in [-0.2, 0) is 6.42 Å². The van der Waals surface area contributed by atoms with E-state index in [2.05, 4.69) is 52.3 Å². The van der Waals surface area contributed by atoms with Gasteiger partial charge in [0, 0.05) is 32.7 Å². The molecule has 0 amide bonds. The lowest BCUT2D eigenvalue weighted by molar-refractivity contribution is 0.115. The van der Waals surface area contributed by atoms with Gasteiger partial charge in [0.05, 0.1) is 0 Å². The van der Waals surface area contributed by atoms with Gasteiger partial charge in [-0.15, -0.1) is 0 Å². The van der Waals surface area contributed by atoms with Crippen molar-refractivity contribution in [1.29, 1.82) is 0 Å². The van der Waals surface area contributed by atoms with Crippen LogP contribution in [0.3, 0.4) is 0 Å². The van der Waals surface area contributed by atoms with Crippen LogP contribution in [0, 0.1) is 5.92 Å². The van der Waals surface area contributed by atoms with Gasteiger partial charge in [0.15, 0.2) is 0 Å². The molecule has 0 bridgehead atoms. The summed E-state index contributed by atoms with van der Waals surface area (Å²) in [5.41, 5.74) is 1.48. The first kappa shape index (κ1) is 15.8. The minimum absolute atomic E-state index is 0.912. The number of aryl methyl sites for hydroxylation is 1. The maximum atomic E-state index is 2.69. The van der Waals surface area contributed by atoms with Crippen molar-refractivity contribution < 1.29 is 0 Å². The highest BCUT2D eigenvalue weighted by molar-refractivity contribution is 5.14. The van der Waals surface area contributed by atoms with Crippen LogP contribution in [-0.4, -0.2) is 49.1 Å². The van der Waals surface area contributed by atoms with Crippen LogP contribution in [0.15, 0.2) is 42.5 Å². The molecule has 1 atom stereocenters. The minimum atomic E-state index is 0.912. The third-order valence-corrected chi connectivity index (χ3v) is 5.14. The highest BCUT2D eigenvalue weighted by atomic mass is 15.3. The summed E-state index contributed by atoms with van der Waals surface area (Å²) in [4.78, 5) is 5.34. The molecular formula is C20H30N2. The monoisotopic (exact) mass is 298 g/mol. The molecule has 0 unspecified atom stereocenters. The Balaban J connectivity index is 1.31. The number of nitrogens with zero attached hydrogens (tertiary/aromatic N) is 2. The quantitative estimate of drug-likeness (QED) is 0.741. The number of hydrogen-bond acceptors (Lipinski definition) is 2. The number of hydrogen-bond donors (Lipinski definition) is 0. The third kappa shape index (κ3) is 4.96. The molecule has 3 rings (SSSR count). The third-order valence-electron chi connectivity index (χ3n) is 5.14. The van der Waals surface area contributed by atoms with Gasteiger partial charge in [-0.25, -0.2) is 0 Å². The smallest absolute Gasteiger partial charge is 0.0110 e. The summed E-state index contributed by atoms with van der Waals surface area (Å²) in [7, 11) is 0. The molecule has 1 aromatic carbocycles. The van der Waals surface area contributed by atoms with Crippen LogP contribution in [0.4, 0.5) is 0 Å². The molecule has 1 aliphatic carbocycles. The predicted octanol–water partition coefficient (Wildman–Crippen LogP) is 3.59. The van der Waals surface area contributed by atoms with Crippen molar-refractivity contribution in [1.82, 2.24) is 9.80 Å². The number of rotatable bonds is 6. The van der Waals surface area contributed by atoms with E-state index in [4.69, 9.17) is 0 Å². The number of benzene rings is 1. The van der Waals surface area contributed by atoms with Crippen LogP contribution in [0.5, 0.6) is 0 Å². The highest BCUT2D eigenvalue weighted by Crippen LogP contribution is 2.20. The molecule has 2 heteroatoms. The van der Waals surface area contributed by atoms with Crippen molar-refractivity contribution in [3.8, 4) is 0 Å². The van der Waals surface area contributed by atoms with Gasteiger partial charge < -0.3 is 9.80 Å². The second-order valence-corrected chi connectivity index (χ2v) is 6.88. The molecule has 0 radical (unpaired) electrons. The SMILES string of the molecule is C1=CC[C@H](CN2CCN(CCCc3ccccc3)CC2)CC1.